The fourth-order valence-electron chi connectivity index (χ4n) is 3.89. The molecule has 3 heterocycles. The molecule has 1 aromatic rings. The number of aromatic nitrogens is 2. The molecule has 1 amide bonds. The molecule has 0 radical (unpaired) electrons. The normalized spacial score (nSPS) is 26.2. The molecule has 2 fully saturated rings. The Morgan fingerprint density at radius 3 is 2.75 bits per heavy atom. The number of aliphatic hydroxyl groups excluding tert-OH is 2. The van der Waals surface area contributed by atoms with Gasteiger partial charge in [0.2, 0.25) is 5.91 Å². The fraction of sp³-hybridized carbons (Fsp3) is 0.765. The lowest BCUT2D eigenvalue weighted by atomic mass is 9.95. The van der Waals surface area contributed by atoms with E-state index in [-0.39, 0.29) is 24.3 Å². The van der Waals surface area contributed by atoms with E-state index in [1.807, 2.05) is 17.9 Å². The highest BCUT2D eigenvalue weighted by Crippen LogP contribution is 2.26. The minimum absolute atomic E-state index is 0.0542. The molecular weight excluding hydrogens is 308 g/mol. The van der Waals surface area contributed by atoms with Gasteiger partial charge in [-0.3, -0.25) is 9.89 Å². The zero-order chi connectivity index (χ0) is 17.1. The topological polar surface area (TPSA) is 92.7 Å². The number of likely N-dealkylation sites (tertiary alicyclic amines) is 2. The summed E-state index contributed by atoms with van der Waals surface area (Å²) in [6.45, 7) is 5.60. The number of amides is 1. The summed E-state index contributed by atoms with van der Waals surface area (Å²) in [5, 5.41) is 26.5. The quantitative estimate of drug-likeness (QED) is 0.692. The van der Waals surface area contributed by atoms with Crippen LogP contribution in [0.25, 0.3) is 0 Å². The van der Waals surface area contributed by atoms with Crippen LogP contribution in [0.5, 0.6) is 0 Å². The molecule has 3 N–H and O–H groups in total. The molecule has 0 spiro atoms. The summed E-state index contributed by atoms with van der Waals surface area (Å²) < 4.78 is 0. The van der Waals surface area contributed by atoms with Crippen molar-refractivity contribution in [3.63, 3.8) is 0 Å². The predicted octanol–water partition coefficient (Wildman–Crippen LogP) is -0.216. The van der Waals surface area contributed by atoms with Gasteiger partial charge < -0.3 is 20.0 Å². The number of nitrogens with one attached hydrogen (secondary N) is 1. The van der Waals surface area contributed by atoms with Gasteiger partial charge in [-0.1, -0.05) is 0 Å². The third-order valence-electron chi connectivity index (χ3n) is 5.30. The average Bonchev–Trinajstić information content (AvgIpc) is 3.14. The van der Waals surface area contributed by atoms with Gasteiger partial charge in [0.25, 0.3) is 0 Å². The maximum atomic E-state index is 12.7. The van der Waals surface area contributed by atoms with Gasteiger partial charge in [0.05, 0.1) is 18.4 Å². The van der Waals surface area contributed by atoms with Gasteiger partial charge in [-0.05, 0) is 45.3 Å². The van der Waals surface area contributed by atoms with Gasteiger partial charge in [0.1, 0.15) is 0 Å². The monoisotopic (exact) mass is 336 g/mol. The Kier molecular flexibility index (Phi) is 5.53. The Morgan fingerprint density at radius 1 is 1.38 bits per heavy atom. The van der Waals surface area contributed by atoms with Crippen LogP contribution in [0.2, 0.25) is 0 Å². The highest BCUT2D eigenvalue weighted by atomic mass is 16.3. The SMILES string of the molecule is Cc1cc(C[C@@H]2CN(C(=O)C3CCN(CCO)CC3)C[C@H]2O)n[nH]1. The molecule has 24 heavy (non-hydrogen) atoms. The first-order valence-corrected chi connectivity index (χ1v) is 8.87. The van der Waals surface area contributed by atoms with E-state index in [2.05, 4.69) is 15.1 Å². The van der Waals surface area contributed by atoms with Crippen molar-refractivity contribution in [1.29, 1.82) is 0 Å². The molecule has 134 valence electrons. The first kappa shape index (κ1) is 17.4. The summed E-state index contributed by atoms with van der Waals surface area (Å²) in [5.74, 6) is 0.294. The predicted molar refractivity (Wildman–Crippen MR) is 89.4 cm³/mol. The second-order valence-corrected chi connectivity index (χ2v) is 7.16. The molecule has 1 aromatic heterocycles. The number of aryl methyl sites for hydroxylation is 1. The lowest BCUT2D eigenvalue weighted by Gasteiger charge is -2.32. The summed E-state index contributed by atoms with van der Waals surface area (Å²) in [6.07, 6.45) is 1.91. The maximum Gasteiger partial charge on any atom is 0.225 e. The van der Waals surface area contributed by atoms with Crippen LogP contribution in [0.3, 0.4) is 0 Å². The van der Waals surface area contributed by atoms with Crippen LogP contribution in [0.15, 0.2) is 6.07 Å². The molecule has 2 aliphatic rings. The first-order valence-electron chi connectivity index (χ1n) is 8.87. The van der Waals surface area contributed by atoms with E-state index < -0.39 is 6.10 Å². The van der Waals surface area contributed by atoms with Gasteiger partial charge in [0.15, 0.2) is 0 Å². The van der Waals surface area contributed by atoms with Crippen LogP contribution in [0.4, 0.5) is 0 Å². The van der Waals surface area contributed by atoms with Gasteiger partial charge in [-0.2, -0.15) is 5.10 Å². The minimum atomic E-state index is -0.472. The lowest BCUT2D eigenvalue weighted by Crippen LogP contribution is -2.42. The summed E-state index contributed by atoms with van der Waals surface area (Å²) in [7, 11) is 0. The Balaban J connectivity index is 1.51. The van der Waals surface area contributed by atoms with E-state index in [1.165, 1.54) is 0 Å². The highest BCUT2D eigenvalue weighted by molar-refractivity contribution is 5.79. The number of rotatable bonds is 5. The number of carbonyl (C=O) groups is 1. The van der Waals surface area contributed by atoms with Crippen molar-refractivity contribution in [2.45, 2.75) is 32.3 Å². The Morgan fingerprint density at radius 2 is 2.12 bits per heavy atom. The molecule has 7 heteroatoms. The van der Waals surface area contributed by atoms with Crippen molar-refractivity contribution in [2.24, 2.45) is 11.8 Å². The average molecular weight is 336 g/mol. The first-order chi connectivity index (χ1) is 11.6. The summed E-state index contributed by atoms with van der Waals surface area (Å²) in [5.41, 5.74) is 1.96. The number of hydrogen-bond acceptors (Lipinski definition) is 5. The second kappa shape index (κ2) is 7.63. The standard InChI is InChI=1S/C17H28N4O3/c1-12-8-15(19-18-12)9-14-10-21(11-16(14)23)17(24)13-2-4-20(5-3-13)6-7-22/h8,13-14,16,22-23H,2-7,9-11H2,1H3,(H,18,19)/t14-,16-/m1/s1. The number of aromatic amines is 1. The molecule has 2 saturated heterocycles. The molecule has 2 atom stereocenters. The number of carbonyl (C=O) groups excluding carboxylic acids is 1. The van der Waals surface area contributed by atoms with Crippen LogP contribution < -0.4 is 0 Å². The molecule has 0 aromatic carbocycles. The van der Waals surface area contributed by atoms with Crippen molar-refractivity contribution >= 4 is 5.91 Å². The summed E-state index contributed by atoms with van der Waals surface area (Å²) in [4.78, 5) is 16.8. The Bertz CT molecular complexity index is 554. The van der Waals surface area contributed by atoms with Crippen LogP contribution in [0.1, 0.15) is 24.2 Å². The zero-order valence-corrected chi connectivity index (χ0v) is 14.3. The molecule has 0 bridgehead atoms. The van der Waals surface area contributed by atoms with Crippen molar-refractivity contribution in [3.8, 4) is 0 Å². The number of hydrogen-bond donors (Lipinski definition) is 3. The van der Waals surface area contributed by atoms with E-state index in [0.29, 0.717) is 26.1 Å². The summed E-state index contributed by atoms with van der Waals surface area (Å²) >= 11 is 0. The Hall–Kier alpha value is -1.44. The number of β-amino-alcohol motifs (C(OH)–C–C–N with tert-alkyl or cyclic N) is 2. The summed E-state index contributed by atoms with van der Waals surface area (Å²) in [6, 6.07) is 1.99. The van der Waals surface area contributed by atoms with Crippen molar-refractivity contribution < 1.29 is 15.0 Å². The van der Waals surface area contributed by atoms with E-state index in [0.717, 1.165) is 37.3 Å². The van der Waals surface area contributed by atoms with E-state index in [4.69, 9.17) is 5.11 Å². The highest BCUT2D eigenvalue weighted by Gasteiger charge is 2.37. The molecule has 7 nitrogen and oxygen atoms in total. The van der Waals surface area contributed by atoms with Gasteiger partial charge in [-0.15, -0.1) is 0 Å². The third kappa shape index (κ3) is 3.96. The number of aliphatic hydroxyl groups is 2. The third-order valence-corrected chi connectivity index (χ3v) is 5.30. The molecular formula is C17H28N4O3. The molecule has 3 rings (SSSR count). The van der Waals surface area contributed by atoms with E-state index >= 15 is 0 Å². The van der Waals surface area contributed by atoms with Crippen molar-refractivity contribution in [1.82, 2.24) is 20.0 Å². The number of piperidine rings is 1. The van der Waals surface area contributed by atoms with Crippen LogP contribution in [-0.2, 0) is 11.2 Å². The maximum absolute atomic E-state index is 12.7. The van der Waals surface area contributed by atoms with Crippen molar-refractivity contribution in [2.75, 3.05) is 39.3 Å². The Labute approximate surface area is 142 Å². The smallest absolute Gasteiger partial charge is 0.225 e. The molecule has 2 aliphatic heterocycles. The van der Waals surface area contributed by atoms with Crippen molar-refractivity contribution in [3.05, 3.63) is 17.5 Å². The van der Waals surface area contributed by atoms with Crippen LogP contribution in [-0.4, -0.2) is 81.6 Å². The molecule has 0 aliphatic carbocycles. The van der Waals surface area contributed by atoms with Gasteiger partial charge >= 0.3 is 0 Å². The molecule has 0 unspecified atom stereocenters. The largest absolute Gasteiger partial charge is 0.395 e. The zero-order valence-electron chi connectivity index (χ0n) is 14.3. The number of H-pyrrole nitrogens is 1. The second-order valence-electron chi connectivity index (χ2n) is 7.16. The van der Waals surface area contributed by atoms with E-state index in [1.54, 1.807) is 0 Å². The van der Waals surface area contributed by atoms with Crippen LogP contribution in [0, 0.1) is 18.8 Å². The fourth-order valence-corrected chi connectivity index (χ4v) is 3.89. The molecule has 0 saturated carbocycles. The lowest BCUT2D eigenvalue weighted by molar-refractivity contribution is -0.136. The minimum Gasteiger partial charge on any atom is -0.395 e. The van der Waals surface area contributed by atoms with Gasteiger partial charge in [-0.25, -0.2) is 0 Å². The van der Waals surface area contributed by atoms with Gasteiger partial charge in [0, 0.05) is 37.2 Å². The number of nitrogens with zero attached hydrogens (tertiary/aromatic N) is 3. The van der Waals surface area contributed by atoms with Crippen LogP contribution >= 0.6 is 0 Å². The van der Waals surface area contributed by atoms with E-state index in [9.17, 15) is 9.90 Å².